The SMILES string of the molecule is Cc1nccn1CCc1noc(Cn2ncc(Cl)c2C)n1.O=C(O)C(F)(F)F. The highest BCUT2D eigenvalue weighted by molar-refractivity contribution is 6.31. The number of hydrogen-bond acceptors (Lipinski definition) is 6. The van der Waals surface area contributed by atoms with Gasteiger partial charge in [-0.3, -0.25) is 4.68 Å². The number of imidazole rings is 1. The molecule has 0 saturated carbocycles. The maximum atomic E-state index is 10.6. The second-order valence-corrected chi connectivity index (χ2v) is 5.97. The monoisotopic (exact) mass is 420 g/mol. The predicted molar refractivity (Wildman–Crippen MR) is 89.7 cm³/mol. The lowest BCUT2D eigenvalue weighted by Crippen LogP contribution is -2.21. The summed E-state index contributed by atoms with van der Waals surface area (Å²) < 4.78 is 40.8. The van der Waals surface area contributed by atoms with Gasteiger partial charge in [-0.1, -0.05) is 16.8 Å². The van der Waals surface area contributed by atoms with E-state index in [0.717, 1.165) is 18.1 Å². The fourth-order valence-corrected chi connectivity index (χ4v) is 2.17. The molecule has 0 atom stereocenters. The minimum Gasteiger partial charge on any atom is -0.475 e. The van der Waals surface area contributed by atoms with E-state index in [1.165, 1.54) is 0 Å². The first-order valence-electron chi connectivity index (χ1n) is 7.85. The van der Waals surface area contributed by atoms with Gasteiger partial charge in [0.05, 0.1) is 16.9 Å². The average Bonchev–Trinajstić information content (AvgIpc) is 3.31. The van der Waals surface area contributed by atoms with Crippen molar-refractivity contribution in [3.63, 3.8) is 0 Å². The van der Waals surface area contributed by atoms with Gasteiger partial charge >= 0.3 is 12.1 Å². The highest BCUT2D eigenvalue weighted by Gasteiger charge is 2.38. The van der Waals surface area contributed by atoms with Crippen molar-refractivity contribution in [1.82, 2.24) is 29.5 Å². The van der Waals surface area contributed by atoms with Gasteiger partial charge in [-0.05, 0) is 13.8 Å². The van der Waals surface area contributed by atoms with E-state index in [1.807, 2.05) is 24.6 Å². The summed E-state index contributed by atoms with van der Waals surface area (Å²) in [5, 5.41) is 15.9. The van der Waals surface area contributed by atoms with Crippen LogP contribution in [0.4, 0.5) is 13.2 Å². The number of hydrogen-bond donors (Lipinski definition) is 1. The highest BCUT2D eigenvalue weighted by Crippen LogP contribution is 2.14. The Labute approximate surface area is 161 Å². The maximum absolute atomic E-state index is 10.6. The number of aliphatic carboxylic acids is 1. The molecule has 0 unspecified atom stereocenters. The second kappa shape index (κ2) is 8.87. The summed E-state index contributed by atoms with van der Waals surface area (Å²) in [7, 11) is 0. The standard InChI is InChI=1S/C13H15ClN6O.C2HF3O2/c1-9-11(14)7-16-20(9)8-13-17-12(18-21-13)3-5-19-6-4-15-10(19)2;3-2(4,5)1(6)7/h4,6-7H,3,5,8H2,1-2H3;(H,6,7). The Balaban J connectivity index is 0.000000345. The Kier molecular flexibility index (Phi) is 6.78. The molecule has 152 valence electrons. The van der Waals surface area contributed by atoms with Crippen LogP contribution < -0.4 is 0 Å². The summed E-state index contributed by atoms with van der Waals surface area (Å²) in [6, 6.07) is 0. The van der Waals surface area contributed by atoms with Gasteiger partial charge in [-0.2, -0.15) is 23.3 Å². The summed E-state index contributed by atoms with van der Waals surface area (Å²) in [6.07, 6.45) is 0.933. The molecule has 0 fully saturated rings. The van der Waals surface area contributed by atoms with Crippen LogP contribution in [0.25, 0.3) is 0 Å². The van der Waals surface area contributed by atoms with Gasteiger partial charge in [0.25, 0.3) is 0 Å². The Bertz CT molecular complexity index is 934. The van der Waals surface area contributed by atoms with Crippen molar-refractivity contribution < 1.29 is 27.6 Å². The molecule has 3 aromatic rings. The van der Waals surface area contributed by atoms with Gasteiger partial charge in [0, 0.05) is 25.4 Å². The molecular formula is C15H16ClF3N6O3. The Morgan fingerprint density at radius 2 is 2.04 bits per heavy atom. The quantitative estimate of drug-likeness (QED) is 0.675. The van der Waals surface area contributed by atoms with Gasteiger partial charge in [0.1, 0.15) is 12.4 Å². The van der Waals surface area contributed by atoms with E-state index in [1.54, 1.807) is 17.1 Å². The Hall–Kier alpha value is -2.89. The number of aryl methyl sites for hydroxylation is 3. The van der Waals surface area contributed by atoms with Gasteiger partial charge in [0.15, 0.2) is 5.82 Å². The number of alkyl halides is 3. The minimum absolute atomic E-state index is 0.426. The number of carboxylic acid groups (broad SMARTS) is 1. The zero-order valence-corrected chi connectivity index (χ0v) is 15.6. The number of carboxylic acids is 1. The lowest BCUT2D eigenvalue weighted by molar-refractivity contribution is -0.192. The lowest BCUT2D eigenvalue weighted by atomic mass is 10.4. The van der Waals surface area contributed by atoms with Crippen molar-refractivity contribution >= 4 is 17.6 Å². The van der Waals surface area contributed by atoms with Crippen LogP contribution in [0.2, 0.25) is 5.02 Å². The number of nitrogens with zero attached hydrogens (tertiary/aromatic N) is 6. The van der Waals surface area contributed by atoms with Crippen LogP contribution in [-0.2, 0) is 24.3 Å². The molecule has 0 bridgehead atoms. The molecule has 0 aliphatic heterocycles. The Morgan fingerprint density at radius 3 is 2.54 bits per heavy atom. The molecule has 0 aliphatic carbocycles. The zero-order valence-electron chi connectivity index (χ0n) is 14.8. The molecule has 13 heteroatoms. The molecule has 0 aliphatic rings. The first kappa shape index (κ1) is 21.4. The van der Waals surface area contributed by atoms with Crippen molar-refractivity contribution in [2.45, 2.75) is 39.5 Å². The fraction of sp³-hybridized carbons (Fsp3) is 0.400. The van der Waals surface area contributed by atoms with Crippen molar-refractivity contribution in [3.05, 3.63) is 46.8 Å². The van der Waals surface area contributed by atoms with Crippen molar-refractivity contribution in [3.8, 4) is 0 Å². The van der Waals surface area contributed by atoms with E-state index < -0.39 is 12.1 Å². The molecule has 0 amide bonds. The van der Waals surface area contributed by atoms with E-state index in [2.05, 4.69) is 20.2 Å². The molecule has 28 heavy (non-hydrogen) atoms. The van der Waals surface area contributed by atoms with Crippen molar-refractivity contribution in [2.24, 2.45) is 0 Å². The molecule has 0 spiro atoms. The summed E-state index contributed by atoms with van der Waals surface area (Å²) in [6.45, 7) is 5.06. The van der Waals surface area contributed by atoms with Crippen LogP contribution >= 0.6 is 11.6 Å². The van der Waals surface area contributed by atoms with E-state index in [0.29, 0.717) is 29.7 Å². The van der Waals surface area contributed by atoms with Gasteiger partial charge in [0.2, 0.25) is 5.89 Å². The summed E-state index contributed by atoms with van der Waals surface area (Å²) in [5.74, 6) is -0.586. The maximum Gasteiger partial charge on any atom is 0.490 e. The molecule has 9 nitrogen and oxygen atoms in total. The van der Waals surface area contributed by atoms with Crippen LogP contribution in [-0.4, -0.2) is 46.7 Å². The molecule has 3 aromatic heterocycles. The van der Waals surface area contributed by atoms with Gasteiger partial charge < -0.3 is 14.2 Å². The third-order valence-corrected chi connectivity index (χ3v) is 3.95. The largest absolute Gasteiger partial charge is 0.490 e. The highest BCUT2D eigenvalue weighted by atomic mass is 35.5. The smallest absolute Gasteiger partial charge is 0.475 e. The number of aromatic nitrogens is 6. The average molecular weight is 421 g/mol. The summed E-state index contributed by atoms with van der Waals surface area (Å²) in [5.41, 5.74) is 0.880. The normalized spacial score (nSPS) is 11.2. The van der Waals surface area contributed by atoms with E-state index in [4.69, 9.17) is 26.0 Å². The van der Waals surface area contributed by atoms with Crippen molar-refractivity contribution in [2.75, 3.05) is 0 Å². The second-order valence-electron chi connectivity index (χ2n) is 5.56. The topological polar surface area (TPSA) is 112 Å². The lowest BCUT2D eigenvalue weighted by Gasteiger charge is -2.01. The van der Waals surface area contributed by atoms with E-state index in [-0.39, 0.29) is 0 Å². The molecule has 3 heterocycles. The minimum atomic E-state index is -5.08. The van der Waals surface area contributed by atoms with E-state index >= 15 is 0 Å². The molecule has 0 aromatic carbocycles. The summed E-state index contributed by atoms with van der Waals surface area (Å²) >= 11 is 5.96. The summed E-state index contributed by atoms with van der Waals surface area (Å²) in [4.78, 5) is 17.4. The van der Waals surface area contributed by atoms with Crippen LogP contribution in [0.1, 0.15) is 23.2 Å². The number of carbonyl (C=O) groups is 1. The number of halogens is 4. The molecular weight excluding hydrogens is 405 g/mol. The third-order valence-electron chi connectivity index (χ3n) is 3.58. The van der Waals surface area contributed by atoms with Crippen LogP contribution in [0, 0.1) is 13.8 Å². The van der Waals surface area contributed by atoms with Crippen LogP contribution in [0.5, 0.6) is 0 Å². The van der Waals surface area contributed by atoms with Gasteiger partial charge in [-0.15, -0.1) is 0 Å². The van der Waals surface area contributed by atoms with Crippen LogP contribution in [0.15, 0.2) is 23.1 Å². The fourth-order valence-electron chi connectivity index (χ4n) is 2.03. The predicted octanol–water partition coefficient (Wildman–Crippen LogP) is 2.66. The first-order valence-corrected chi connectivity index (χ1v) is 8.23. The third kappa shape index (κ3) is 5.81. The van der Waals surface area contributed by atoms with Crippen LogP contribution in [0.3, 0.4) is 0 Å². The molecule has 0 radical (unpaired) electrons. The van der Waals surface area contributed by atoms with Crippen molar-refractivity contribution in [1.29, 1.82) is 0 Å². The molecule has 1 N–H and O–H groups in total. The van der Waals surface area contributed by atoms with E-state index in [9.17, 15) is 13.2 Å². The zero-order chi connectivity index (χ0) is 20.9. The Morgan fingerprint density at radius 1 is 1.36 bits per heavy atom. The van der Waals surface area contributed by atoms with Gasteiger partial charge in [-0.25, -0.2) is 9.78 Å². The number of rotatable bonds is 5. The first-order chi connectivity index (χ1) is 13.1. The molecule has 0 saturated heterocycles. The molecule has 3 rings (SSSR count).